The third-order valence-corrected chi connectivity index (χ3v) is 4.40. The first-order chi connectivity index (χ1) is 10.9. The molecule has 3 rings (SSSR count). The van der Waals surface area contributed by atoms with E-state index in [1.165, 1.54) is 0 Å². The summed E-state index contributed by atoms with van der Waals surface area (Å²) in [6.45, 7) is 5.50. The fraction of sp³-hybridized carbons (Fsp3) is 0.500. The molecule has 1 aromatic carbocycles. The molecule has 124 valence electrons. The number of hydrogen-bond donors (Lipinski definition) is 2. The molecule has 0 aromatic heterocycles. The van der Waals surface area contributed by atoms with Gasteiger partial charge >= 0.3 is 0 Å². The molecular formula is C16H20N2O5. The quantitative estimate of drug-likeness (QED) is 0.626. The third kappa shape index (κ3) is 2.77. The lowest BCUT2D eigenvalue weighted by Crippen LogP contribution is -2.55. The Morgan fingerprint density at radius 3 is 2.74 bits per heavy atom. The van der Waals surface area contributed by atoms with E-state index in [1.807, 2.05) is 13.8 Å². The van der Waals surface area contributed by atoms with Gasteiger partial charge in [0.2, 0.25) is 5.91 Å². The van der Waals surface area contributed by atoms with E-state index in [4.69, 9.17) is 14.7 Å². The van der Waals surface area contributed by atoms with Crippen molar-refractivity contribution < 1.29 is 24.3 Å². The fourth-order valence-electron chi connectivity index (χ4n) is 2.82. The lowest BCUT2D eigenvalue weighted by atomic mass is 9.86. The zero-order valence-electron chi connectivity index (χ0n) is 13.2. The van der Waals surface area contributed by atoms with Crippen molar-refractivity contribution in [2.75, 3.05) is 19.8 Å². The highest BCUT2D eigenvalue weighted by Gasteiger charge is 2.45. The second-order valence-electron chi connectivity index (χ2n) is 6.41. The Balaban J connectivity index is 1.86. The van der Waals surface area contributed by atoms with Crippen LogP contribution in [0.2, 0.25) is 0 Å². The Morgan fingerprint density at radius 2 is 2.13 bits per heavy atom. The van der Waals surface area contributed by atoms with Crippen molar-refractivity contribution in [2.45, 2.75) is 26.4 Å². The third-order valence-electron chi connectivity index (χ3n) is 4.40. The normalized spacial score (nSPS) is 22.2. The van der Waals surface area contributed by atoms with Crippen molar-refractivity contribution in [3.63, 3.8) is 0 Å². The van der Waals surface area contributed by atoms with E-state index >= 15 is 0 Å². The van der Waals surface area contributed by atoms with Crippen molar-refractivity contribution in [1.82, 2.24) is 10.4 Å². The van der Waals surface area contributed by atoms with E-state index in [1.54, 1.807) is 28.6 Å². The molecule has 7 nitrogen and oxygen atoms in total. The minimum atomic E-state index is -0.597. The van der Waals surface area contributed by atoms with Crippen molar-refractivity contribution in [1.29, 1.82) is 0 Å². The molecule has 0 spiro atoms. The summed E-state index contributed by atoms with van der Waals surface area (Å²) >= 11 is 0. The number of ether oxygens (including phenoxy) is 2. The molecule has 0 saturated carbocycles. The van der Waals surface area contributed by atoms with Crippen LogP contribution in [0, 0.1) is 5.41 Å². The van der Waals surface area contributed by atoms with Crippen molar-refractivity contribution in [2.24, 2.45) is 5.41 Å². The minimum Gasteiger partial charge on any atom is -0.491 e. The molecular weight excluding hydrogens is 300 g/mol. The lowest BCUT2D eigenvalue weighted by Gasteiger charge is -2.41. The standard InChI is InChI=1S/C16H20N2O5/c1-10-7-23-13-5-11(14(19)17-21)3-4-12(13)6-18(10)15(20)16(2)8-22-9-16/h3-5,10,21H,6-9H2,1-2H3,(H,17,19). The molecule has 2 N–H and O–H groups in total. The average Bonchev–Trinajstić information content (AvgIpc) is 2.70. The van der Waals surface area contributed by atoms with Crippen molar-refractivity contribution in [3.8, 4) is 5.75 Å². The second-order valence-corrected chi connectivity index (χ2v) is 6.41. The summed E-state index contributed by atoms with van der Waals surface area (Å²) in [4.78, 5) is 26.1. The molecule has 23 heavy (non-hydrogen) atoms. The SMILES string of the molecule is CC1COc2cc(C(=O)NO)ccc2CN1C(=O)C1(C)COC1. The van der Waals surface area contributed by atoms with Gasteiger partial charge in [-0.2, -0.15) is 0 Å². The predicted molar refractivity (Wildman–Crippen MR) is 80.1 cm³/mol. The van der Waals surface area contributed by atoms with E-state index in [-0.39, 0.29) is 11.9 Å². The van der Waals surface area contributed by atoms with Crippen molar-refractivity contribution in [3.05, 3.63) is 29.3 Å². The smallest absolute Gasteiger partial charge is 0.274 e. The number of hydrogen-bond acceptors (Lipinski definition) is 5. The number of hydroxylamine groups is 1. The molecule has 1 unspecified atom stereocenters. The van der Waals surface area contributed by atoms with Gasteiger partial charge in [-0.25, -0.2) is 5.48 Å². The van der Waals surface area contributed by atoms with Gasteiger partial charge in [-0.3, -0.25) is 14.8 Å². The van der Waals surface area contributed by atoms with Gasteiger partial charge in [-0.15, -0.1) is 0 Å². The summed E-state index contributed by atoms with van der Waals surface area (Å²) in [7, 11) is 0. The Morgan fingerprint density at radius 1 is 1.39 bits per heavy atom. The summed E-state index contributed by atoms with van der Waals surface area (Å²) in [6.07, 6.45) is 0. The Kier molecular flexibility index (Phi) is 3.99. The molecule has 1 aromatic rings. The van der Waals surface area contributed by atoms with Gasteiger partial charge in [0.15, 0.2) is 0 Å². The first-order valence-electron chi connectivity index (χ1n) is 7.53. The average molecular weight is 320 g/mol. The van der Waals surface area contributed by atoms with E-state index in [0.717, 1.165) is 5.56 Å². The maximum atomic E-state index is 12.8. The van der Waals surface area contributed by atoms with E-state index in [9.17, 15) is 9.59 Å². The number of carbonyl (C=O) groups excluding carboxylic acids is 2. The number of rotatable bonds is 2. The fourth-order valence-corrected chi connectivity index (χ4v) is 2.82. The predicted octanol–water partition coefficient (Wildman–Crippen LogP) is 0.952. The van der Waals surface area contributed by atoms with Gasteiger partial charge in [0.05, 0.1) is 24.7 Å². The first-order valence-corrected chi connectivity index (χ1v) is 7.53. The number of carbonyl (C=O) groups is 2. The number of fused-ring (bicyclic) bond motifs is 1. The topological polar surface area (TPSA) is 88.1 Å². The van der Waals surface area contributed by atoms with Gasteiger partial charge in [0, 0.05) is 17.7 Å². The Labute approximate surface area is 134 Å². The van der Waals surface area contributed by atoms with Gasteiger partial charge in [0.1, 0.15) is 12.4 Å². The summed E-state index contributed by atoms with van der Waals surface area (Å²) < 4.78 is 10.9. The molecule has 0 bridgehead atoms. The van der Waals surface area contributed by atoms with Crippen LogP contribution in [-0.2, 0) is 16.1 Å². The number of nitrogens with one attached hydrogen (secondary N) is 1. The molecule has 1 atom stereocenters. The van der Waals surface area contributed by atoms with Crippen LogP contribution >= 0.6 is 0 Å². The molecule has 2 aliphatic heterocycles. The zero-order valence-corrected chi connectivity index (χ0v) is 13.2. The van der Waals surface area contributed by atoms with Gasteiger partial charge in [-0.1, -0.05) is 6.07 Å². The molecule has 7 heteroatoms. The van der Waals surface area contributed by atoms with Gasteiger partial charge in [0.25, 0.3) is 5.91 Å². The second kappa shape index (κ2) is 5.82. The van der Waals surface area contributed by atoms with Crippen LogP contribution in [0.5, 0.6) is 5.75 Å². The summed E-state index contributed by atoms with van der Waals surface area (Å²) in [5.74, 6) is 0.0221. The van der Waals surface area contributed by atoms with E-state index in [2.05, 4.69) is 0 Å². The number of benzene rings is 1. The van der Waals surface area contributed by atoms with Crippen LogP contribution in [0.4, 0.5) is 0 Å². The lowest BCUT2D eigenvalue weighted by molar-refractivity contribution is -0.171. The molecule has 2 amide bonds. The van der Waals surface area contributed by atoms with Crippen LogP contribution in [0.3, 0.4) is 0 Å². The summed E-state index contributed by atoms with van der Waals surface area (Å²) in [5, 5.41) is 8.72. The Hall–Kier alpha value is -2.12. The highest BCUT2D eigenvalue weighted by Crippen LogP contribution is 2.33. The first kappa shape index (κ1) is 15.8. The molecule has 0 radical (unpaired) electrons. The highest BCUT2D eigenvalue weighted by molar-refractivity contribution is 5.94. The van der Waals surface area contributed by atoms with Crippen LogP contribution in [0.25, 0.3) is 0 Å². The zero-order chi connectivity index (χ0) is 16.6. The molecule has 1 saturated heterocycles. The molecule has 1 fully saturated rings. The maximum Gasteiger partial charge on any atom is 0.274 e. The van der Waals surface area contributed by atoms with Gasteiger partial charge < -0.3 is 14.4 Å². The van der Waals surface area contributed by atoms with Crippen LogP contribution < -0.4 is 10.2 Å². The Bertz CT molecular complexity index is 641. The molecule has 2 heterocycles. The highest BCUT2D eigenvalue weighted by atomic mass is 16.5. The summed E-state index contributed by atoms with van der Waals surface area (Å²) in [6, 6.07) is 4.84. The van der Waals surface area contributed by atoms with E-state index in [0.29, 0.717) is 37.7 Å². The maximum absolute atomic E-state index is 12.8. The molecule has 0 aliphatic carbocycles. The number of amides is 2. The largest absolute Gasteiger partial charge is 0.491 e. The van der Waals surface area contributed by atoms with Crippen molar-refractivity contribution >= 4 is 11.8 Å². The summed E-state index contributed by atoms with van der Waals surface area (Å²) in [5.41, 5.74) is 2.28. The van der Waals surface area contributed by atoms with E-state index < -0.39 is 11.3 Å². The van der Waals surface area contributed by atoms with Crippen LogP contribution in [0.15, 0.2) is 18.2 Å². The van der Waals surface area contributed by atoms with Crippen LogP contribution in [0.1, 0.15) is 29.8 Å². The minimum absolute atomic E-state index is 0.0601. The number of nitrogens with zero attached hydrogens (tertiary/aromatic N) is 1. The van der Waals surface area contributed by atoms with Crippen LogP contribution in [-0.4, -0.2) is 47.8 Å². The monoisotopic (exact) mass is 320 g/mol. The molecule has 2 aliphatic rings. The van der Waals surface area contributed by atoms with Gasteiger partial charge in [-0.05, 0) is 26.0 Å².